The van der Waals surface area contributed by atoms with Crippen molar-refractivity contribution < 1.29 is 17.9 Å². The normalized spacial score (nSPS) is 15.3. The largest absolute Gasteiger partial charge is 0.492 e. The van der Waals surface area contributed by atoms with Crippen molar-refractivity contribution in [3.63, 3.8) is 0 Å². The summed E-state index contributed by atoms with van der Waals surface area (Å²) in [7, 11) is -3.66. The second-order valence-corrected chi connectivity index (χ2v) is 8.93. The molecule has 1 saturated heterocycles. The van der Waals surface area contributed by atoms with E-state index in [1.54, 1.807) is 25.1 Å². The van der Waals surface area contributed by atoms with Crippen molar-refractivity contribution in [3.8, 4) is 5.75 Å². The highest BCUT2D eigenvalue weighted by molar-refractivity contribution is 7.89. The van der Waals surface area contributed by atoms with Crippen LogP contribution in [0.1, 0.15) is 24.6 Å². The van der Waals surface area contributed by atoms with Crippen LogP contribution in [0.2, 0.25) is 0 Å². The highest BCUT2D eigenvalue weighted by atomic mass is 32.2. The van der Waals surface area contributed by atoms with Crippen LogP contribution in [0.15, 0.2) is 46.7 Å². The van der Waals surface area contributed by atoms with Crippen LogP contribution in [0.4, 0.5) is 5.69 Å². The number of nitrogens with one attached hydrogen (secondary N) is 1. The molecule has 27 heavy (non-hydrogen) atoms. The molecule has 3 rings (SSSR count). The van der Waals surface area contributed by atoms with E-state index in [1.807, 2.05) is 17.5 Å². The molecular formula is C19H22N2O4S2. The summed E-state index contributed by atoms with van der Waals surface area (Å²) in [5.41, 5.74) is 0.414. The quantitative estimate of drug-likeness (QED) is 0.713. The molecule has 6 nitrogen and oxygen atoms in total. The van der Waals surface area contributed by atoms with Gasteiger partial charge in [-0.3, -0.25) is 4.79 Å². The van der Waals surface area contributed by atoms with Gasteiger partial charge in [0.25, 0.3) is 0 Å². The van der Waals surface area contributed by atoms with Crippen molar-refractivity contribution in [1.29, 1.82) is 0 Å². The predicted octanol–water partition coefficient (Wildman–Crippen LogP) is 3.58. The SMILES string of the molecule is CCOc1ccc(NC(=O)/C=C/c2cccs2)cc1S(=O)(=O)N1CCCC1. The number of rotatable bonds is 7. The number of hydrogen-bond acceptors (Lipinski definition) is 5. The van der Waals surface area contributed by atoms with Gasteiger partial charge in [-0.15, -0.1) is 11.3 Å². The number of ether oxygens (including phenoxy) is 1. The summed E-state index contributed by atoms with van der Waals surface area (Å²) >= 11 is 1.53. The van der Waals surface area contributed by atoms with Crippen molar-refractivity contribution >= 4 is 39.0 Å². The average Bonchev–Trinajstić information content (AvgIpc) is 3.35. The van der Waals surface area contributed by atoms with Gasteiger partial charge in [0, 0.05) is 29.7 Å². The Morgan fingerprint density at radius 3 is 2.74 bits per heavy atom. The number of thiophene rings is 1. The Balaban J connectivity index is 1.83. The molecule has 1 aromatic heterocycles. The van der Waals surface area contributed by atoms with Gasteiger partial charge in [0.05, 0.1) is 6.61 Å². The Kier molecular flexibility index (Phi) is 6.30. The van der Waals surface area contributed by atoms with Crippen LogP contribution >= 0.6 is 11.3 Å². The van der Waals surface area contributed by atoms with Crippen molar-refractivity contribution in [1.82, 2.24) is 4.31 Å². The monoisotopic (exact) mass is 406 g/mol. The molecule has 0 saturated carbocycles. The summed E-state index contributed by atoms with van der Waals surface area (Å²) in [6.45, 7) is 3.18. The number of amides is 1. The molecular weight excluding hydrogens is 384 g/mol. The Labute approximate surface area is 163 Å². The van der Waals surface area contributed by atoms with Crippen LogP contribution in [0.3, 0.4) is 0 Å². The second kappa shape index (κ2) is 8.69. The van der Waals surface area contributed by atoms with Crippen molar-refractivity contribution in [2.75, 3.05) is 25.0 Å². The van der Waals surface area contributed by atoms with E-state index in [9.17, 15) is 13.2 Å². The van der Waals surface area contributed by atoms with E-state index < -0.39 is 10.0 Å². The van der Waals surface area contributed by atoms with E-state index in [-0.39, 0.29) is 10.8 Å². The number of sulfonamides is 1. The molecule has 1 N–H and O–H groups in total. The second-order valence-electron chi connectivity index (χ2n) is 6.04. The van der Waals surface area contributed by atoms with Crippen LogP contribution < -0.4 is 10.1 Å². The highest BCUT2D eigenvalue weighted by Crippen LogP contribution is 2.31. The third-order valence-corrected chi connectivity index (χ3v) is 6.89. The van der Waals surface area contributed by atoms with Crippen LogP contribution in [-0.4, -0.2) is 38.3 Å². The maximum Gasteiger partial charge on any atom is 0.248 e. The lowest BCUT2D eigenvalue weighted by atomic mass is 10.3. The fourth-order valence-corrected chi connectivity index (χ4v) is 5.15. The molecule has 8 heteroatoms. The minimum atomic E-state index is -3.66. The Morgan fingerprint density at radius 1 is 1.30 bits per heavy atom. The average molecular weight is 407 g/mol. The molecule has 0 atom stereocenters. The molecule has 144 valence electrons. The van der Waals surface area contributed by atoms with Crippen LogP contribution in [0.25, 0.3) is 6.08 Å². The first-order valence-electron chi connectivity index (χ1n) is 8.80. The lowest BCUT2D eigenvalue weighted by Crippen LogP contribution is -2.28. The Morgan fingerprint density at radius 2 is 2.07 bits per heavy atom. The molecule has 2 aromatic rings. The van der Waals surface area contributed by atoms with E-state index in [2.05, 4.69) is 5.32 Å². The van der Waals surface area contributed by atoms with Crippen molar-refractivity contribution in [3.05, 3.63) is 46.7 Å². The number of carbonyl (C=O) groups is 1. The first-order valence-corrected chi connectivity index (χ1v) is 11.1. The highest BCUT2D eigenvalue weighted by Gasteiger charge is 2.30. The number of anilines is 1. The van der Waals surface area contributed by atoms with E-state index in [4.69, 9.17) is 4.74 Å². The van der Waals surface area contributed by atoms with Gasteiger partial charge >= 0.3 is 0 Å². The van der Waals surface area contributed by atoms with Gasteiger partial charge in [-0.1, -0.05) is 6.07 Å². The lowest BCUT2D eigenvalue weighted by molar-refractivity contribution is -0.111. The number of benzene rings is 1. The number of carbonyl (C=O) groups excluding carboxylic acids is 1. The van der Waals surface area contributed by atoms with Crippen LogP contribution in [-0.2, 0) is 14.8 Å². The molecule has 1 aliphatic rings. The molecule has 0 radical (unpaired) electrons. The number of hydrogen-bond donors (Lipinski definition) is 1. The molecule has 0 spiro atoms. The molecule has 2 heterocycles. The van der Waals surface area contributed by atoms with E-state index in [0.29, 0.717) is 31.1 Å². The zero-order valence-electron chi connectivity index (χ0n) is 15.1. The van der Waals surface area contributed by atoms with Gasteiger partial charge < -0.3 is 10.1 Å². The summed E-state index contributed by atoms with van der Waals surface area (Å²) < 4.78 is 32.9. The molecule has 0 bridgehead atoms. The maximum atomic E-state index is 13.0. The fourth-order valence-electron chi connectivity index (χ4n) is 2.86. The third kappa shape index (κ3) is 4.77. The summed E-state index contributed by atoms with van der Waals surface area (Å²) in [4.78, 5) is 13.2. The Hall–Kier alpha value is -2.16. The van der Waals surface area contributed by atoms with Gasteiger partial charge in [-0.25, -0.2) is 8.42 Å². The zero-order valence-corrected chi connectivity index (χ0v) is 16.7. The van der Waals surface area contributed by atoms with Gasteiger partial charge in [0.2, 0.25) is 15.9 Å². The minimum absolute atomic E-state index is 0.0892. The summed E-state index contributed by atoms with van der Waals surface area (Å²) in [5, 5.41) is 4.65. The van der Waals surface area contributed by atoms with Crippen LogP contribution in [0, 0.1) is 0 Å². The van der Waals surface area contributed by atoms with E-state index in [1.165, 1.54) is 27.8 Å². The molecule has 1 aliphatic heterocycles. The predicted molar refractivity (Wildman–Crippen MR) is 108 cm³/mol. The summed E-state index contributed by atoms with van der Waals surface area (Å²) in [6.07, 6.45) is 4.85. The first kappa shape index (κ1) is 19.6. The maximum absolute atomic E-state index is 13.0. The molecule has 0 aliphatic carbocycles. The van der Waals surface area contributed by atoms with Crippen molar-refractivity contribution in [2.24, 2.45) is 0 Å². The van der Waals surface area contributed by atoms with Gasteiger partial charge in [0.1, 0.15) is 10.6 Å². The molecule has 1 aromatic carbocycles. The van der Waals surface area contributed by atoms with Gasteiger partial charge in [0.15, 0.2) is 0 Å². The van der Waals surface area contributed by atoms with Crippen LogP contribution in [0.5, 0.6) is 5.75 Å². The first-order chi connectivity index (χ1) is 13.0. The molecule has 1 fully saturated rings. The third-order valence-electron chi connectivity index (χ3n) is 4.14. The summed E-state index contributed by atoms with van der Waals surface area (Å²) in [5.74, 6) is -0.0198. The minimum Gasteiger partial charge on any atom is -0.492 e. The Bertz CT molecular complexity index is 915. The number of nitrogens with zero attached hydrogens (tertiary/aromatic N) is 1. The zero-order chi connectivity index (χ0) is 19.3. The smallest absolute Gasteiger partial charge is 0.248 e. The van der Waals surface area contributed by atoms with E-state index >= 15 is 0 Å². The lowest BCUT2D eigenvalue weighted by Gasteiger charge is -2.19. The fraction of sp³-hybridized carbons (Fsp3) is 0.316. The molecule has 1 amide bonds. The van der Waals surface area contributed by atoms with E-state index in [0.717, 1.165) is 17.7 Å². The standard InChI is InChI=1S/C19H22N2O4S2/c1-2-25-17-9-7-15(20-19(22)10-8-16-6-5-13-26-16)14-18(17)27(23,24)21-11-3-4-12-21/h5-10,13-14H,2-4,11-12H2,1H3,(H,20,22)/b10-8+. The summed E-state index contributed by atoms with van der Waals surface area (Å²) in [6, 6.07) is 8.52. The van der Waals surface area contributed by atoms with Gasteiger partial charge in [-0.2, -0.15) is 4.31 Å². The topological polar surface area (TPSA) is 75.7 Å². The van der Waals surface area contributed by atoms with Gasteiger partial charge in [-0.05, 0) is 55.5 Å². The molecule has 0 unspecified atom stereocenters. The van der Waals surface area contributed by atoms with Crippen molar-refractivity contribution in [2.45, 2.75) is 24.7 Å².